The predicted molar refractivity (Wildman–Crippen MR) is 88.1 cm³/mol. The van der Waals surface area contributed by atoms with Crippen LogP contribution in [0.15, 0.2) is 53.3 Å². The minimum Gasteiger partial charge on any atom is -0.475 e. The molecule has 0 fully saturated rings. The molecule has 2 aromatic rings. The van der Waals surface area contributed by atoms with E-state index in [0.29, 0.717) is 12.1 Å². The number of carbonyl (C=O) groups is 2. The fraction of sp³-hybridized carbons (Fsp3) is 0.188. The van der Waals surface area contributed by atoms with Gasteiger partial charge in [0.25, 0.3) is 5.91 Å². The van der Waals surface area contributed by atoms with Crippen molar-refractivity contribution in [2.24, 2.45) is 0 Å². The fourth-order valence-electron chi connectivity index (χ4n) is 1.62. The van der Waals surface area contributed by atoms with Gasteiger partial charge in [-0.1, -0.05) is 28.1 Å². The van der Waals surface area contributed by atoms with Crippen LogP contribution in [0.4, 0.5) is 13.2 Å². The number of hydrogen-bond donors (Lipinski definition) is 2. The molecule has 0 spiro atoms. The molecule has 9 heteroatoms. The molecule has 2 rings (SSSR count). The number of aliphatic carboxylic acids is 1. The summed E-state index contributed by atoms with van der Waals surface area (Å²) in [7, 11) is 0. The Kier molecular flexibility index (Phi) is 8.06. The molecule has 1 heterocycles. The molecule has 1 amide bonds. The first-order chi connectivity index (χ1) is 11.7. The van der Waals surface area contributed by atoms with Gasteiger partial charge in [-0.3, -0.25) is 9.78 Å². The van der Waals surface area contributed by atoms with Gasteiger partial charge in [0.1, 0.15) is 0 Å². The highest BCUT2D eigenvalue weighted by Gasteiger charge is 2.38. The summed E-state index contributed by atoms with van der Waals surface area (Å²) in [5.74, 6) is -2.82. The fourth-order valence-corrected chi connectivity index (χ4v) is 2.06. The molecule has 0 saturated heterocycles. The summed E-state index contributed by atoms with van der Waals surface area (Å²) in [5, 5.41) is 10.0. The number of nitrogens with one attached hydrogen (secondary N) is 1. The van der Waals surface area contributed by atoms with Gasteiger partial charge in [0.15, 0.2) is 0 Å². The van der Waals surface area contributed by atoms with Gasteiger partial charge in [0.2, 0.25) is 0 Å². The lowest BCUT2D eigenvalue weighted by Crippen LogP contribution is -2.25. The van der Waals surface area contributed by atoms with Gasteiger partial charge in [-0.05, 0) is 36.2 Å². The van der Waals surface area contributed by atoms with Crippen LogP contribution >= 0.6 is 15.9 Å². The monoisotopic (exact) mass is 418 g/mol. The molecule has 1 aromatic carbocycles. The average Bonchev–Trinajstić information content (AvgIpc) is 2.55. The van der Waals surface area contributed by atoms with Crippen LogP contribution in [-0.2, 0) is 11.2 Å². The second-order valence-electron chi connectivity index (χ2n) is 4.67. The highest BCUT2D eigenvalue weighted by Crippen LogP contribution is 2.13. The number of benzene rings is 1. The molecule has 1 aromatic heterocycles. The molecule has 2 N–H and O–H groups in total. The minimum absolute atomic E-state index is 0.0626. The molecule has 0 aliphatic carbocycles. The van der Waals surface area contributed by atoms with E-state index < -0.39 is 12.1 Å². The van der Waals surface area contributed by atoms with Crippen molar-refractivity contribution in [1.82, 2.24) is 10.3 Å². The highest BCUT2D eigenvalue weighted by molar-refractivity contribution is 9.10. The van der Waals surface area contributed by atoms with E-state index in [1.54, 1.807) is 24.5 Å². The van der Waals surface area contributed by atoms with E-state index in [1.165, 1.54) is 5.56 Å². The number of carboxylic acids is 1. The number of nitrogens with zero attached hydrogens (tertiary/aromatic N) is 1. The molecule has 5 nitrogen and oxygen atoms in total. The molecule has 0 saturated carbocycles. The molecule has 134 valence electrons. The third kappa shape index (κ3) is 8.30. The first-order valence-electron chi connectivity index (χ1n) is 6.93. The Labute approximate surface area is 150 Å². The van der Waals surface area contributed by atoms with E-state index in [2.05, 4.69) is 32.3 Å². The maximum absolute atomic E-state index is 11.8. The largest absolute Gasteiger partial charge is 0.490 e. The molecular formula is C16H14BrF3N2O3. The zero-order valence-electron chi connectivity index (χ0n) is 12.8. The third-order valence-electron chi connectivity index (χ3n) is 2.77. The SMILES string of the molecule is O=C(NCCc1cccc(Br)c1)c1ccncc1.O=C(O)C(F)(F)F. The van der Waals surface area contributed by atoms with Gasteiger partial charge < -0.3 is 10.4 Å². The van der Waals surface area contributed by atoms with Gasteiger partial charge >= 0.3 is 12.1 Å². The lowest BCUT2D eigenvalue weighted by Gasteiger charge is -2.05. The van der Waals surface area contributed by atoms with E-state index in [1.807, 2.05) is 18.2 Å². The molecule has 0 unspecified atom stereocenters. The second-order valence-corrected chi connectivity index (χ2v) is 5.59. The van der Waals surface area contributed by atoms with Crippen molar-refractivity contribution in [2.75, 3.05) is 6.54 Å². The van der Waals surface area contributed by atoms with Crippen LogP contribution in [0.2, 0.25) is 0 Å². The molecular weight excluding hydrogens is 405 g/mol. The molecule has 0 aliphatic rings. The Balaban J connectivity index is 0.000000381. The summed E-state index contributed by atoms with van der Waals surface area (Å²) in [6.07, 6.45) is -1.04. The van der Waals surface area contributed by atoms with Crippen LogP contribution in [0.1, 0.15) is 15.9 Å². The summed E-state index contributed by atoms with van der Waals surface area (Å²) in [6.45, 7) is 0.623. The van der Waals surface area contributed by atoms with Crippen molar-refractivity contribution in [3.8, 4) is 0 Å². The molecule has 0 radical (unpaired) electrons. The summed E-state index contributed by atoms with van der Waals surface area (Å²) >= 11 is 3.43. The first kappa shape index (κ1) is 20.6. The number of amides is 1. The van der Waals surface area contributed by atoms with Crippen molar-refractivity contribution >= 4 is 27.8 Å². The van der Waals surface area contributed by atoms with Crippen LogP contribution in [-0.4, -0.2) is 34.7 Å². The van der Waals surface area contributed by atoms with Gasteiger partial charge in [-0.25, -0.2) is 4.79 Å². The van der Waals surface area contributed by atoms with Crippen molar-refractivity contribution in [1.29, 1.82) is 0 Å². The zero-order chi connectivity index (χ0) is 18.9. The van der Waals surface area contributed by atoms with Crippen molar-refractivity contribution < 1.29 is 27.9 Å². The van der Waals surface area contributed by atoms with Gasteiger partial charge in [-0.2, -0.15) is 13.2 Å². The van der Waals surface area contributed by atoms with E-state index in [4.69, 9.17) is 9.90 Å². The molecule has 0 aliphatic heterocycles. The Hall–Kier alpha value is -2.42. The summed E-state index contributed by atoms with van der Waals surface area (Å²) in [5.41, 5.74) is 1.83. The van der Waals surface area contributed by atoms with E-state index >= 15 is 0 Å². The van der Waals surface area contributed by atoms with Crippen molar-refractivity contribution in [3.63, 3.8) is 0 Å². The number of carbonyl (C=O) groups excluding carboxylic acids is 1. The lowest BCUT2D eigenvalue weighted by molar-refractivity contribution is -0.192. The first-order valence-corrected chi connectivity index (χ1v) is 7.72. The van der Waals surface area contributed by atoms with Crippen LogP contribution in [0.25, 0.3) is 0 Å². The van der Waals surface area contributed by atoms with Crippen molar-refractivity contribution in [2.45, 2.75) is 12.6 Å². The van der Waals surface area contributed by atoms with E-state index in [-0.39, 0.29) is 5.91 Å². The Bertz CT molecular complexity index is 709. The highest BCUT2D eigenvalue weighted by atomic mass is 79.9. The standard InChI is InChI=1S/C14H13BrN2O.C2HF3O2/c15-13-3-1-2-11(10-13)4-9-17-14(18)12-5-7-16-8-6-12;3-2(4,5)1(6)7/h1-3,5-8,10H,4,9H2,(H,17,18);(H,6,7). The number of halogens is 4. The number of aromatic nitrogens is 1. The maximum Gasteiger partial charge on any atom is 0.490 e. The van der Waals surface area contributed by atoms with Crippen LogP contribution < -0.4 is 5.32 Å². The summed E-state index contributed by atoms with van der Waals surface area (Å²) in [4.78, 5) is 24.5. The van der Waals surface area contributed by atoms with Crippen LogP contribution in [0.5, 0.6) is 0 Å². The minimum atomic E-state index is -5.08. The summed E-state index contributed by atoms with van der Waals surface area (Å²) < 4.78 is 32.8. The van der Waals surface area contributed by atoms with Crippen LogP contribution in [0.3, 0.4) is 0 Å². The van der Waals surface area contributed by atoms with Crippen LogP contribution in [0, 0.1) is 0 Å². The quantitative estimate of drug-likeness (QED) is 0.796. The number of alkyl halides is 3. The number of hydrogen-bond acceptors (Lipinski definition) is 3. The smallest absolute Gasteiger partial charge is 0.475 e. The van der Waals surface area contributed by atoms with E-state index in [0.717, 1.165) is 10.9 Å². The third-order valence-corrected chi connectivity index (χ3v) is 3.27. The summed E-state index contributed by atoms with van der Waals surface area (Å²) in [6, 6.07) is 11.5. The van der Waals surface area contributed by atoms with Gasteiger partial charge in [0.05, 0.1) is 0 Å². The average molecular weight is 419 g/mol. The predicted octanol–water partition coefficient (Wildman–Crippen LogP) is 3.45. The molecule has 0 atom stereocenters. The Morgan fingerprint density at radius 1 is 1.16 bits per heavy atom. The normalized spacial score (nSPS) is 10.4. The van der Waals surface area contributed by atoms with Gasteiger partial charge in [0, 0.05) is 29.0 Å². The zero-order valence-corrected chi connectivity index (χ0v) is 14.3. The number of rotatable bonds is 4. The van der Waals surface area contributed by atoms with Gasteiger partial charge in [-0.15, -0.1) is 0 Å². The Morgan fingerprint density at radius 2 is 1.76 bits per heavy atom. The second kappa shape index (κ2) is 9.77. The molecule has 25 heavy (non-hydrogen) atoms. The molecule has 0 bridgehead atoms. The number of pyridine rings is 1. The topological polar surface area (TPSA) is 79.3 Å². The van der Waals surface area contributed by atoms with Crippen molar-refractivity contribution in [3.05, 3.63) is 64.4 Å². The lowest BCUT2D eigenvalue weighted by atomic mass is 10.1. The Morgan fingerprint density at radius 3 is 2.28 bits per heavy atom. The van der Waals surface area contributed by atoms with E-state index in [9.17, 15) is 18.0 Å². The maximum atomic E-state index is 11.8. The number of carboxylic acid groups (broad SMARTS) is 1.